The van der Waals surface area contributed by atoms with Crippen LogP contribution in [0.3, 0.4) is 0 Å². The van der Waals surface area contributed by atoms with Crippen LogP contribution in [0.25, 0.3) is 11.1 Å². The average Bonchev–Trinajstić information content (AvgIpc) is 3.53. The van der Waals surface area contributed by atoms with Crippen LogP contribution in [0.5, 0.6) is 5.88 Å². The van der Waals surface area contributed by atoms with Crippen molar-refractivity contribution in [3.05, 3.63) is 35.9 Å². The number of nitrogens with one attached hydrogen (secondary N) is 1. The van der Waals surface area contributed by atoms with E-state index in [0.717, 1.165) is 80.1 Å². The maximum Gasteiger partial charge on any atom is 0.321 e. The number of hydrogen-bond donors (Lipinski definition) is 2. The lowest BCUT2D eigenvalue weighted by molar-refractivity contribution is 0.122. The van der Waals surface area contributed by atoms with Gasteiger partial charge in [-0.25, -0.2) is 4.79 Å². The van der Waals surface area contributed by atoms with Crippen molar-refractivity contribution in [2.24, 2.45) is 0 Å². The largest absolute Gasteiger partial charge is 0.474 e. The summed E-state index contributed by atoms with van der Waals surface area (Å²) in [4.78, 5) is 21.5. The number of carbonyl (C=O) groups is 1. The molecular weight excluding hydrogens is 432 g/mol. The van der Waals surface area contributed by atoms with Gasteiger partial charge in [-0.05, 0) is 67.5 Å². The molecule has 2 N–H and O–H groups in total. The number of hydrogen-bond acceptors (Lipinski definition) is 6. The molecule has 0 radical (unpaired) electrons. The second-order valence-corrected chi connectivity index (χ2v) is 9.51. The van der Waals surface area contributed by atoms with Crippen molar-refractivity contribution in [2.45, 2.75) is 51.2 Å². The topological polar surface area (TPSA) is 87.2 Å². The zero-order valence-electron chi connectivity index (χ0n) is 19.8. The molecule has 2 saturated heterocycles. The molecule has 1 saturated carbocycles. The minimum Gasteiger partial charge on any atom is -0.474 e. The van der Waals surface area contributed by atoms with E-state index in [2.05, 4.69) is 23.2 Å². The Morgan fingerprint density at radius 1 is 1.12 bits per heavy atom. The molecule has 3 aliphatic rings. The molecule has 2 unspecified atom stereocenters. The number of aromatic nitrogens is 1. The van der Waals surface area contributed by atoms with Gasteiger partial charge in [-0.1, -0.05) is 6.07 Å². The third kappa shape index (κ3) is 5.28. The van der Waals surface area contributed by atoms with Crippen molar-refractivity contribution in [3.8, 4) is 17.0 Å². The van der Waals surface area contributed by atoms with Gasteiger partial charge in [0.2, 0.25) is 5.88 Å². The summed E-state index contributed by atoms with van der Waals surface area (Å²) in [6.45, 7) is 6.61. The van der Waals surface area contributed by atoms with Crippen molar-refractivity contribution >= 4 is 17.5 Å². The molecule has 1 aromatic heterocycles. The average molecular weight is 467 g/mol. The Morgan fingerprint density at radius 2 is 1.91 bits per heavy atom. The monoisotopic (exact) mass is 466 g/mol. The number of nitrogens with zero attached hydrogens (tertiary/aromatic N) is 3. The molecule has 8 heteroatoms. The number of benzene rings is 1. The Bertz CT molecular complexity index is 1020. The van der Waals surface area contributed by atoms with Crippen molar-refractivity contribution in [1.29, 1.82) is 0 Å². The highest BCUT2D eigenvalue weighted by Crippen LogP contribution is 2.33. The molecule has 2 aromatic rings. The zero-order chi connectivity index (χ0) is 23.5. The molecule has 8 nitrogen and oxygen atoms in total. The Hall–Kier alpha value is -2.84. The fraction of sp³-hybridized carbons (Fsp3) is 0.538. The number of carbonyl (C=O) groups excluding carboxylic acids is 1. The van der Waals surface area contributed by atoms with Crippen molar-refractivity contribution in [1.82, 2.24) is 9.88 Å². The van der Waals surface area contributed by atoms with Crippen LogP contribution >= 0.6 is 0 Å². The first-order valence-corrected chi connectivity index (χ1v) is 12.4. The molecule has 1 aliphatic carbocycles. The Morgan fingerprint density at radius 3 is 2.65 bits per heavy atom. The summed E-state index contributed by atoms with van der Waals surface area (Å²) in [6, 6.07) is 10.1. The molecule has 3 heterocycles. The van der Waals surface area contributed by atoms with Crippen LogP contribution in [0.1, 0.15) is 37.7 Å². The number of aliphatic hydroxyl groups is 1. The maximum absolute atomic E-state index is 12.6. The molecule has 5 rings (SSSR count). The minimum absolute atomic E-state index is 0.0255. The summed E-state index contributed by atoms with van der Waals surface area (Å²) in [6.07, 6.45) is 4.03. The van der Waals surface area contributed by atoms with E-state index in [9.17, 15) is 9.90 Å². The number of pyridine rings is 1. The van der Waals surface area contributed by atoms with Crippen LogP contribution in [0.4, 0.5) is 16.3 Å². The lowest BCUT2D eigenvalue weighted by Crippen LogP contribution is -2.36. The Kier molecular flexibility index (Phi) is 6.87. The molecule has 2 aliphatic heterocycles. The van der Waals surface area contributed by atoms with E-state index in [0.29, 0.717) is 25.5 Å². The van der Waals surface area contributed by atoms with Gasteiger partial charge in [0, 0.05) is 44.4 Å². The van der Waals surface area contributed by atoms with Crippen molar-refractivity contribution < 1.29 is 19.4 Å². The highest BCUT2D eigenvalue weighted by Gasteiger charge is 2.26. The molecule has 2 amide bonds. The number of aliphatic hydroxyl groups excluding tert-OH is 1. The summed E-state index contributed by atoms with van der Waals surface area (Å²) in [5, 5.41) is 13.0. The van der Waals surface area contributed by atoms with Gasteiger partial charge in [0.1, 0.15) is 11.9 Å². The van der Waals surface area contributed by atoms with Gasteiger partial charge in [0.05, 0.1) is 19.3 Å². The number of aryl methyl sites for hydroxylation is 1. The number of anilines is 2. The summed E-state index contributed by atoms with van der Waals surface area (Å²) in [5.41, 5.74) is 3.93. The summed E-state index contributed by atoms with van der Waals surface area (Å²) < 4.78 is 11.8. The van der Waals surface area contributed by atoms with Gasteiger partial charge in [0.15, 0.2) is 0 Å². The van der Waals surface area contributed by atoms with E-state index in [-0.39, 0.29) is 18.2 Å². The highest BCUT2D eigenvalue weighted by molar-refractivity contribution is 5.90. The normalized spacial score (nSPS) is 22.8. The van der Waals surface area contributed by atoms with Gasteiger partial charge in [-0.15, -0.1) is 0 Å². The van der Waals surface area contributed by atoms with Gasteiger partial charge < -0.3 is 29.7 Å². The number of likely N-dealkylation sites (tertiary alicyclic amines) is 1. The Balaban J connectivity index is 1.44. The van der Waals surface area contributed by atoms with Crippen LogP contribution in [0.15, 0.2) is 30.3 Å². The zero-order valence-corrected chi connectivity index (χ0v) is 19.8. The van der Waals surface area contributed by atoms with E-state index < -0.39 is 0 Å². The molecule has 0 bridgehead atoms. The summed E-state index contributed by atoms with van der Waals surface area (Å²) in [7, 11) is 0. The Labute approximate surface area is 200 Å². The fourth-order valence-electron chi connectivity index (χ4n) is 4.99. The predicted molar refractivity (Wildman–Crippen MR) is 132 cm³/mol. The summed E-state index contributed by atoms with van der Waals surface area (Å²) in [5.74, 6) is 1.43. The molecule has 182 valence electrons. The molecule has 0 spiro atoms. The first-order chi connectivity index (χ1) is 16.5. The highest BCUT2D eigenvalue weighted by atomic mass is 16.5. The standard InChI is InChI=1S/C26H34N4O4/c1-18-4-5-20(27-26(32)30-8-2-3-9-30)16-23(18)19-14-24(29-10-12-33-13-11-29)28-25(15-19)34-22-7-6-21(31)17-22/h4-5,14-16,21-22,31H,2-3,6-13,17H2,1H3,(H,27,32). The van der Waals surface area contributed by atoms with E-state index in [1.54, 1.807) is 0 Å². The third-order valence-electron chi connectivity index (χ3n) is 6.96. The molecule has 1 aromatic carbocycles. The summed E-state index contributed by atoms with van der Waals surface area (Å²) >= 11 is 0. The maximum atomic E-state index is 12.6. The van der Waals surface area contributed by atoms with E-state index in [1.807, 2.05) is 29.2 Å². The molecule has 3 fully saturated rings. The quantitative estimate of drug-likeness (QED) is 0.697. The van der Waals surface area contributed by atoms with Crippen LogP contribution in [0, 0.1) is 6.92 Å². The fourth-order valence-corrected chi connectivity index (χ4v) is 4.99. The first-order valence-electron chi connectivity index (χ1n) is 12.4. The van der Waals surface area contributed by atoms with Crippen molar-refractivity contribution in [2.75, 3.05) is 49.6 Å². The number of rotatable bonds is 5. The van der Waals surface area contributed by atoms with Gasteiger partial charge >= 0.3 is 6.03 Å². The van der Waals surface area contributed by atoms with Gasteiger partial charge in [-0.2, -0.15) is 4.98 Å². The van der Waals surface area contributed by atoms with Crippen LogP contribution in [0.2, 0.25) is 0 Å². The van der Waals surface area contributed by atoms with E-state index in [1.165, 1.54) is 0 Å². The molecule has 34 heavy (non-hydrogen) atoms. The molecular formula is C26H34N4O4. The van der Waals surface area contributed by atoms with Crippen molar-refractivity contribution in [3.63, 3.8) is 0 Å². The number of urea groups is 1. The lowest BCUT2D eigenvalue weighted by atomic mass is 10.00. The molecule has 2 atom stereocenters. The minimum atomic E-state index is -0.301. The first kappa shape index (κ1) is 22.9. The second-order valence-electron chi connectivity index (χ2n) is 9.51. The second kappa shape index (κ2) is 10.2. The lowest BCUT2D eigenvalue weighted by Gasteiger charge is -2.29. The van der Waals surface area contributed by atoms with Crippen LogP contribution < -0.4 is 15.0 Å². The predicted octanol–water partition coefficient (Wildman–Crippen LogP) is 3.81. The number of ether oxygens (including phenoxy) is 2. The van der Waals surface area contributed by atoms with E-state index in [4.69, 9.17) is 14.5 Å². The number of morpholine rings is 1. The van der Waals surface area contributed by atoms with Crippen LogP contribution in [-0.2, 0) is 4.74 Å². The smallest absolute Gasteiger partial charge is 0.321 e. The van der Waals surface area contributed by atoms with E-state index >= 15 is 0 Å². The number of amides is 2. The van der Waals surface area contributed by atoms with Crippen LogP contribution in [-0.4, -0.2) is 72.6 Å². The third-order valence-corrected chi connectivity index (χ3v) is 6.96. The van der Waals surface area contributed by atoms with Gasteiger partial charge in [0.25, 0.3) is 0 Å². The van der Waals surface area contributed by atoms with Gasteiger partial charge in [-0.3, -0.25) is 0 Å². The SMILES string of the molecule is Cc1ccc(NC(=O)N2CCCC2)cc1-c1cc(OC2CCC(O)C2)nc(N2CCOCC2)c1.